The summed E-state index contributed by atoms with van der Waals surface area (Å²) in [5, 5.41) is 10.4. The van der Waals surface area contributed by atoms with Crippen molar-refractivity contribution in [3.05, 3.63) is 53.6 Å². The molecule has 0 radical (unpaired) electrons. The van der Waals surface area contributed by atoms with Crippen LogP contribution in [0.2, 0.25) is 0 Å². The summed E-state index contributed by atoms with van der Waals surface area (Å²) in [6, 6.07) is 14.3. The van der Waals surface area contributed by atoms with Crippen LogP contribution >= 0.6 is 16.5 Å². The van der Waals surface area contributed by atoms with Crippen molar-refractivity contribution in [3.63, 3.8) is 0 Å². The summed E-state index contributed by atoms with van der Waals surface area (Å²) in [5.41, 5.74) is 4.91. The molecule has 0 aliphatic rings. The molecule has 0 heterocycles. The molecule has 0 saturated carbocycles. The smallest absolute Gasteiger partial charge is 0.323 e. The number of unbranched alkanes of at least 4 members (excludes halogenated alkanes) is 2. The average Bonchev–Trinajstić information content (AvgIpc) is 2.65. The van der Waals surface area contributed by atoms with E-state index in [4.69, 9.17) is 9.79 Å². The van der Waals surface area contributed by atoms with Crippen LogP contribution < -0.4 is 0 Å². The van der Waals surface area contributed by atoms with Crippen molar-refractivity contribution in [1.29, 1.82) is 0 Å². The van der Waals surface area contributed by atoms with E-state index in [9.17, 15) is 14.2 Å². The number of phenolic OH excluding ortho intramolecular Hbond substituents is 1. The van der Waals surface area contributed by atoms with Gasteiger partial charge in [0.05, 0.1) is 0 Å². The molecule has 0 spiro atoms. The maximum absolute atomic E-state index is 10.4. The number of phenols is 1. The summed E-state index contributed by atoms with van der Waals surface area (Å²) in [6.45, 7) is 4.45. The number of aromatic hydroxyl groups is 1. The minimum atomic E-state index is -3.20. The molecular formula is C20H30O6P2. The normalized spacial score (nSPS) is 12.7. The Kier molecular flexibility index (Phi) is 12.1. The van der Waals surface area contributed by atoms with Crippen LogP contribution in [0.4, 0.5) is 0 Å². The summed E-state index contributed by atoms with van der Waals surface area (Å²) in [4.78, 5) is 15.4. The van der Waals surface area contributed by atoms with Crippen LogP contribution in [0.5, 0.6) is 5.75 Å². The molecule has 0 aliphatic heterocycles. The van der Waals surface area contributed by atoms with Crippen LogP contribution in [-0.2, 0) is 26.3 Å². The molecule has 8 heteroatoms. The zero-order valence-corrected chi connectivity index (χ0v) is 18.4. The monoisotopic (exact) mass is 428 g/mol. The van der Waals surface area contributed by atoms with Crippen LogP contribution in [0.25, 0.3) is 11.1 Å². The third-order valence-electron chi connectivity index (χ3n) is 4.21. The lowest BCUT2D eigenvalue weighted by Gasteiger charge is -2.17. The fourth-order valence-corrected chi connectivity index (χ4v) is 3.52. The van der Waals surface area contributed by atoms with Crippen LogP contribution in [0, 0.1) is 0 Å². The summed E-state index contributed by atoms with van der Waals surface area (Å²) in [5.74, 6) is 0.410. The first kappa shape index (κ1) is 24.6. The lowest BCUT2D eigenvalue weighted by atomic mass is 9.89. The zero-order chi connectivity index (χ0) is 20.9. The molecule has 2 atom stereocenters. The Hall–Kier alpha value is -1.42. The minimum absolute atomic E-state index is 0.410. The van der Waals surface area contributed by atoms with E-state index in [1.807, 2.05) is 24.3 Å². The van der Waals surface area contributed by atoms with Crippen LogP contribution in [0.3, 0.4) is 0 Å². The molecule has 3 N–H and O–H groups in total. The van der Waals surface area contributed by atoms with Crippen molar-refractivity contribution >= 4 is 16.5 Å². The molecule has 0 fully saturated rings. The van der Waals surface area contributed by atoms with E-state index in [1.165, 1.54) is 36.8 Å². The van der Waals surface area contributed by atoms with Crippen molar-refractivity contribution in [2.45, 2.75) is 52.4 Å². The van der Waals surface area contributed by atoms with Gasteiger partial charge >= 0.3 is 16.5 Å². The van der Waals surface area contributed by atoms with E-state index < -0.39 is 16.5 Å². The highest BCUT2D eigenvalue weighted by Gasteiger charge is 2.14. The van der Waals surface area contributed by atoms with Gasteiger partial charge in [0.25, 0.3) is 0 Å². The summed E-state index contributed by atoms with van der Waals surface area (Å²) >= 11 is 0. The molecule has 0 aliphatic carbocycles. The minimum Gasteiger partial charge on any atom is -0.507 e. The van der Waals surface area contributed by atoms with E-state index in [-0.39, 0.29) is 0 Å². The van der Waals surface area contributed by atoms with Gasteiger partial charge in [0.15, 0.2) is 0 Å². The molecular weight excluding hydrogens is 398 g/mol. The Morgan fingerprint density at radius 3 is 1.93 bits per heavy atom. The molecule has 156 valence electrons. The second-order valence-corrected chi connectivity index (χ2v) is 8.18. The Bertz CT molecular complexity index is 753. The van der Waals surface area contributed by atoms with E-state index >= 15 is 0 Å². The fraction of sp³-hybridized carbons (Fsp3) is 0.400. The Labute approximate surface area is 168 Å². The highest BCUT2D eigenvalue weighted by atomic mass is 31.2. The lowest BCUT2D eigenvalue weighted by Crippen LogP contribution is -1.99. The second-order valence-electron chi connectivity index (χ2n) is 6.30. The molecule has 0 aromatic heterocycles. The Morgan fingerprint density at radius 2 is 1.43 bits per heavy atom. The molecule has 0 amide bonds. The number of rotatable bonds is 9. The van der Waals surface area contributed by atoms with E-state index in [1.54, 1.807) is 0 Å². The van der Waals surface area contributed by atoms with E-state index in [0.29, 0.717) is 5.75 Å². The van der Waals surface area contributed by atoms with Gasteiger partial charge in [0.1, 0.15) is 5.75 Å². The molecule has 2 aromatic carbocycles. The molecule has 2 unspecified atom stereocenters. The maximum atomic E-state index is 10.4. The first-order chi connectivity index (χ1) is 13.4. The largest absolute Gasteiger partial charge is 0.507 e. The van der Waals surface area contributed by atoms with Gasteiger partial charge in [0.2, 0.25) is 0 Å². The number of hydrogen-bond acceptors (Lipinski definition) is 4. The molecule has 6 nitrogen and oxygen atoms in total. The standard InChI is InChI=1S/C20H26O.H4O5P2/c1-3-5-10-16-14-15-19(21)20(18(16)13-6-4-2)17-11-8-7-9-12-17;1-6(2)5-7(3)4/h7-9,11-12,14-15,21H,3-6,10,13H2,1-2H3;6-7H,(H,1,2)(H,3,4). The summed E-state index contributed by atoms with van der Waals surface area (Å²) in [6.07, 6.45) is 6.91. The molecule has 28 heavy (non-hydrogen) atoms. The summed E-state index contributed by atoms with van der Waals surface area (Å²) < 4.78 is 22.3. The van der Waals surface area contributed by atoms with Crippen molar-refractivity contribution in [2.75, 3.05) is 0 Å². The zero-order valence-electron chi connectivity index (χ0n) is 16.4. The number of aryl methyl sites for hydroxylation is 1. The van der Waals surface area contributed by atoms with Gasteiger partial charge in [-0.05, 0) is 48.4 Å². The lowest BCUT2D eigenvalue weighted by molar-refractivity contribution is 0.371. The Balaban J connectivity index is 0.000000480. The second kappa shape index (κ2) is 13.7. The topological polar surface area (TPSA) is 104 Å². The van der Waals surface area contributed by atoms with E-state index in [0.717, 1.165) is 24.0 Å². The van der Waals surface area contributed by atoms with Gasteiger partial charge in [-0.2, -0.15) is 0 Å². The Morgan fingerprint density at radius 1 is 0.857 bits per heavy atom. The van der Waals surface area contributed by atoms with Gasteiger partial charge < -0.3 is 14.9 Å². The van der Waals surface area contributed by atoms with Crippen LogP contribution in [0.1, 0.15) is 50.7 Å². The van der Waals surface area contributed by atoms with Crippen molar-refractivity contribution in [1.82, 2.24) is 0 Å². The predicted octanol–water partition coefficient (Wildman–Crippen LogP) is 5.51. The van der Waals surface area contributed by atoms with Crippen molar-refractivity contribution in [3.8, 4) is 16.9 Å². The highest BCUT2D eigenvalue weighted by molar-refractivity contribution is 7.46. The average molecular weight is 428 g/mol. The van der Waals surface area contributed by atoms with Gasteiger partial charge in [-0.3, -0.25) is 9.13 Å². The van der Waals surface area contributed by atoms with Crippen molar-refractivity contribution in [2.24, 2.45) is 0 Å². The third kappa shape index (κ3) is 8.72. The third-order valence-corrected chi connectivity index (χ3v) is 5.60. The van der Waals surface area contributed by atoms with E-state index in [2.05, 4.69) is 36.4 Å². The van der Waals surface area contributed by atoms with Gasteiger partial charge in [-0.15, -0.1) is 0 Å². The fourth-order valence-electron chi connectivity index (χ4n) is 2.92. The SMILES string of the molecule is CCCCc1ccc(O)c(-c2ccccc2)c1CCCC.O=[PH](O)O[PH](=O)O. The maximum Gasteiger partial charge on any atom is 0.323 e. The first-order valence-electron chi connectivity index (χ1n) is 9.43. The van der Waals surface area contributed by atoms with Crippen molar-refractivity contribution < 1.29 is 28.3 Å². The quantitative estimate of drug-likeness (QED) is 0.455. The molecule has 2 rings (SSSR count). The van der Waals surface area contributed by atoms with Crippen LogP contribution in [-0.4, -0.2) is 14.9 Å². The van der Waals surface area contributed by atoms with Crippen LogP contribution in [0.15, 0.2) is 42.5 Å². The first-order valence-corrected chi connectivity index (χ1v) is 12.0. The number of hydrogen-bond donors (Lipinski definition) is 3. The highest BCUT2D eigenvalue weighted by Crippen LogP contribution is 2.36. The van der Waals surface area contributed by atoms with Gasteiger partial charge in [-0.25, -0.2) is 4.31 Å². The molecule has 2 aromatic rings. The van der Waals surface area contributed by atoms with Gasteiger partial charge in [0, 0.05) is 5.56 Å². The number of benzene rings is 2. The summed E-state index contributed by atoms with van der Waals surface area (Å²) in [7, 11) is -6.40. The molecule has 0 bridgehead atoms. The van der Waals surface area contributed by atoms with Gasteiger partial charge in [-0.1, -0.05) is 63.1 Å². The predicted molar refractivity (Wildman–Crippen MR) is 114 cm³/mol. The molecule has 0 saturated heterocycles.